The first-order valence-electron chi connectivity index (χ1n) is 6.93. The molecule has 1 aromatic carbocycles. The molecule has 4 heteroatoms. The number of ketones is 1. The first-order valence-corrected chi connectivity index (χ1v) is 6.93. The Labute approximate surface area is 119 Å². The van der Waals surface area contributed by atoms with E-state index in [1.54, 1.807) is 0 Å². The fourth-order valence-corrected chi connectivity index (χ4v) is 2.65. The highest BCUT2D eigenvalue weighted by Crippen LogP contribution is 2.28. The van der Waals surface area contributed by atoms with Gasteiger partial charge in [0, 0.05) is 12.5 Å². The minimum atomic E-state index is -0.467. The van der Waals surface area contributed by atoms with Gasteiger partial charge < -0.3 is 10.1 Å². The lowest BCUT2D eigenvalue weighted by Gasteiger charge is -2.27. The number of aryl methyl sites for hydroxylation is 2. The second-order valence-corrected chi connectivity index (χ2v) is 5.39. The van der Waals surface area contributed by atoms with Gasteiger partial charge in [-0.1, -0.05) is 12.1 Å². The highest BCUT2D eigenvalue weighted by atomic mass is 16.5. The fourth-order valence-electron chi connectivity index (χ4n) is 2.65. The van der Waals surface area contributed by atoms with Crippen molar-refractivity contribution in [3.63, 3.8) is 0 Å². The van der Waals surface area contributed by atoms with Crippen molar-refractivity contribution in [2.24, 2.45) is 0 Å². The average molecular weight is 275 g/mol. The first kappa shape index (κ1) is 14.7. The van der Waals surface area contributed by atoms with Crippen molar-refractivity contribution >= 4 is 11.8 Å². The number of carbonyl (C=O) groups excluding carboxylic acids is 2. The van der Waals surface area contributed by atoms with E-state index in [4.69, 9.17) is 0 Å². The Bertz CT molecular complexity index is 537. The van der Waals surface area contributed by atoms with Crippen LogP contribution in [0.25, 0.3) is 0 Å². The standard InChI is InChI=1S/C16H21NO3/c1-10-6-12-4-5-17-15(14(12)7-11(10)2)8-13(18)9-16(19)20-3/h6-7,15,17H,4-5,8-9H2,1-3H3. The lowest BCUT2D eigenvalue weighted by molar-refractivity contribution is -0.143. The minimum absolute atomic E-state index is 0.00945. The molecule has 0 saturated carbocycles. The van der Waals surface area contributed by atoms with Crippen LogP contribution in [-0.2, 0) is 20.7 Å². The number of hydrogen-bond donors (Lipinski definition) is 1. The van der Waals surface area contributed by atoms with Crippen molar-refractivity contribution in [3.8, 4) is 0 Å². The Morgan fingerprint density at radius 3 is 2.70 bits per heavy atom. The molecule has 0 aliphatic carbocycles. The average Bonchev–Trinajstić information content (AvgIpc) is 2.40. The van der Waals surface area contributed by atoms with Crippen molar-refractivity contribution in [2.75, 3.05) is 13.7 Å². The third-order valence-corrected chi connectivity index (χ3v) is 3.92. The number of nitrogens with one attached hydrogen (secondary N) is 1. The van der Waals surface area contributed by atoms with Crippen LogP contribution in [0.2, 0.25) is 0 Å². The third-order valence-electron chi connectivity index (χ3n) is 3.92. The molecule has 0 radical (unpaired) electrons. The Balaban J connectivity index is 2.14. The molecule has 0 fully saturated rings. The van der Waals surface area contributed by atoms with Crippen LogP contribution in [0.1, 0.15) is 41.1 Å². The van der Waals surface area contributed by atoms with Crippen LogP contribution in [0, 0.1) is 13.8 Å². The molecule has 4 nitrogen and oxygen atoms in total. The van der Waals surface area contributed by atoms with Crippen LogP contribution in [0.5, 0.6) is 0 Å². The number of benzene rings is 1. The van der Waals surface area contributed by atoms with Gasteiger partial charge in [-0.25, -0.2) is 0 Å². The van der Waals surface area contributed by atoms with Gasteiger partial charge in [-0.2, -0.15) is 0 Å². The van der Waals surface area contributed by atoms with E-state index in [0.717, 1.165) is 13.0 Å². The second kappa shape index (κ2) is 6.18. The van der Waals surface area contributed by atoms with Crippen molar-refractivity contribution < 1.29 is 14.3 Å². The summed E-state index contributed by atoms with van der Waals surface area (Å²) in [7, 11) is 1.30. The van der Waals surface area contributed by atoms with Gasteiger partial charge in [-0.05, 0) is 49.1 Å². The lowest BCUT2D eigenvalue weighted by atomic mass is 9.88. The van der Waals surface area contributed by atoms with Gasteiger partial charge in [0.15, 0.2) is 0 Å². The summed E-state index contributed by atoms with van der Waals surface area (Å²) in [5.41, 5.74) is 5.02. The summed E-state index contributed by atoms with van der Waals surface area (Å²) in [6.45, 7) is 5.05. The number of rotatable bonds is 4. The molecule has 1 aliphatic heterocycles. The van der Waals surface area contributed by atoms with E-state index in [2.05, 4.69) is 36.0 Å². The molecule has 0 saturated heterocycles. The zero-order valence-corrected chi connectivity index (χ0v) is 12.3. The van der Waals surface area contributed by atoms with E-state index in [1.807, 2.05) is 0 Å². The summed E-state index contributed by atoms with van der Waals surface area (Å²) < 4.78 is 4.53. The van der Waals surface area contributed by atoms with E-state index >= 15 is 0 Å². The van der Waals surface area contributed by atoms with Crippen LogP contribution < -0.4 is 5.32 Å². The molecular formula is C16H21NO3. The van der Waals surface area contributed by atoms with Crippen LogP contribution in [-0.4, -0.2) is 25.4 Å². The largest absolute Gasteiger partial charge is 0.469 e. The van der Waals surface area contributed by atoms with Crippen LogP contribution >= 0.6 is 0 Å². The highest BCUT2D eigenvalue weighted by molar-refractivity contribution is 5.95. The fraction of sp³-hybridized carbons (Fsp3) is 0.500. The lowest BCUT2D eigenvalue weighted by Crippen LogP contribution is -2.32. The molecular weight excluding hydrogens is 254 g/mol. The van der Waals surface area contributed by atoms with E-state index in [-0.39, 0.29) is 18.2 Å². The van der Waals surface area contributed by atoms with E-state index < -0.39 is 5.97 Å². The molecule has 0 aromatic heterocycles. The molecule has 1 N–H and O–H groups in total. The highest BCUT2D eigenvalue weighted by Gasteiger charge is 2.23. The maximum atomic E-state index is 11.9. The maximum Gasteiger partial charge on any atom is 0.313 e. The van der Waals surface area contributed by atoms with Crippen LogP contribution in [0.15, 0.2) is 12.1 Å². The number of carbonyl (C=O) groups is 2. The molecule has 1 heterocycles. The summed E-state index contributed by atoms with van der Waals surface area (Å²) in [6, 6.07) is 4.38. The number of esters is 1. The molecule has 1 unspecified atom stereocenters. The Kier molecular flexibility index (Phi) is 4.55. The Hall–Kier alpha value is -1.68. The molecule has 108 valence electrons. The molecule has 0 spiro atoms. The van der Waals surface area contributed by atoms with E-state index in [9.17, 15) is 9.59 Å². The number of fused-ring (bicyclic) bond motifs is 1. The minimum Gasteiger partial charge on any atom is -0.469 e. The van der Waals surface area contributed by atoms with Crippen molar-refractivity contribution in [2.45, 2.75) is 39.2 Å². The number of ether oxygens (including phenoxy) is 1. The summed E-state index contributed by atoms with van der Waals surface area (Å²) in [5, 5.41) is 3.37. The first-order chi connectivity index (χ1) is 9.51. The quantitative estimate of drug-likeness (QED) is 0.674. The summed E-state index contributed by atoms with van der Waals surface area (Å²) >= 11 is 0. The topological polar surface area (TPSA) is 55.4 Å². The molecule has 1 aliphatic rings. The maximum absolute atomic E-state index is 11.9. The predicted octanol–water partition coefficient (Wildman–Crippen LogP) is 2.01. The summed E-state index contributed by atoms with van der Waals surface area (Å²) in [5.74, 6) is -0.549. The molecule has 20 heavy (non-hydrogen) atoms. The monoisotopic (exact) mass is 275 g/mol. The normalized spacial score (nSPS) is 17.4. The van der Waals surface area contributed by atoms with Crippen molar-refractivity contribution in [1.82, 2.24) is 5.32 Å². The van der Waals surface area contributed by atoms with Crippen LogP contribution in [0.3, 0.4) is 0 Å². The number of Topliss-reactive ketones (excluding diaryl/α,β-unsaturated/α-hetero) is 1. The third kappa shape index (κ3) is 3.25. The number of hydrogen-bond acceptors (Lipinski definition) is 4. The van der Waals surface area contributed by atoms with Gasteiger partial charge in [0.2, 0.25) is 0 Å². The smallest absolute Gasteiger partial charge is 0.313 e. The summed E-state index contributed by atoms with van der Waals surface area (Å²) in [4.78, 5) is 23.0. The molecule has 2 rings (SSSR count). The van der Waals surface area contributed by atoms with Crippen molar-refractivity contribution in [3.05, 3.63) is 34.4 Å². The van der Waals surface area contributed by atoms with Gasteiger partial charge in [-0.15, -0.1) is 0 Å². The SMILES string of the molecule is COC(=O)CC(=O)CC1NCCc2cc(C)c(C)cc21. The number of methoxy groups -OCH3 is 1. The Morgan fingerprint density at radius 1 is 1.30 bits per heavy atom. The molecule has 1 atom stereocenters. The van der Waals surface area contributed by atoms with E-state index in [1.165, 1.54) is 29.4 Å². The summed E-state index contributed by atoms with van der Waals surface area (Å²) in [6.07, 6.45) is 1.18. The van der Waals surface area contributed by atoms with Gasteiger partial charge in [0.25, 0.3) is 0 Å². The van der Waals surface area contributed by atoms with Crippen molar-refractivity contribution in [1.29, 1.82) is 0 Å². The van der Waals surface area contributed by atoms with E-state index in [0.29, 0.717) is 6.42 Å². The van der Waals surface area contributed by atoms with Crippen LogP contribution in [0.4, 0.5) is 0 Å². The van der Waals surface area contributed by atoms with Gasteiger partial charge in [-0.3, -0.25) is 9.59 Å². The zero-order chi connectivity index (χ0) is 14.7. The van der Waals surface area contributed by atoms with Gasteiger partial charge >= 0.3 is 5.97 Å². The predicted molar refractivity (Wildman–Crippen MR) is 76.6 cm³/mol. The zero-order valence-electron chi connectivity index (χ0n) is 12.3. The molecule has 1 aromatic rings. The molecule has 0 amide bonds. The Morgan fingerprint density at radius 2 is 2.00 bits per heavy atom. The molecule has 0 bridgehead atoms. The van der Waals surface area contributed by atoms with Gasteiger partial charge in [0.05, 0.1) is 7.11 Å². The second-order valence-electron chi connectivity index (χ2n) is 5.39. The van der Waals surface area contributed by atoms with Gasteiger partial charge in [0.1, 0.15) is 12.2 Å².